The van der Waals surface area contributed by atoms with Gasteiger partial charge in [-0.05, 0) is 74.2 Å². The molecule has 0 aromatic carbocycles. The molecule has 0 unspecified atom stereocenters. The average molecular weight is 569 g/mol. The van der Waals surface area contributed by atoms with Gasteiger partial charge in [0.05, 0.1) is 5.56 Å². The predicted octanol–water partition coefficient (Wildman–Crippen LogP) is 4.51. The summed E-state index contributed by atoms with van der Waals surface area (Å²) < 4.78 is 29.6. The van der Waals surface area contributed by atoms with Crippen molar-refractivity contribution >= 4 is 39.9 Å². The molecule has 8 rings (SSSR count). The van der Waals surface area contributed by atoms with Crippen LogP contribution in [0, 0.1) is 16.7 Å². The lowest BCUT2D eigenvalue weighted by atomic mass is 9.91. The molecule has 5 aliphatic rings. The first-order chi connectivity index (χ1) is 19.3. The number of carbonyl (C=O) groups excluding carboxylic acids is 2. The van der Waals surface area contributed by atoms with Gasteiger partial charge in [0, 0.05) is 36.0 Å². The Morgan fingerprint density at radius 1 is 1.18 bits per heavy atom. The molecule has 4 saturated carbocycles. The van der Waals surface area contributed by atoms with Crippen LogP contribution in [0.25, 0.3) is 0 Å². The Bertz CT molecular complexity index is 1550. The fraction of sp³-hybridized carbons (Fsp3) is 0.593. The number of hydrogen-bond donors (Lipinski definition) is 3. The topological polar surface area (TPSA) is 119 Å². The van der Waals surface area contributed by atoms with Gasteiger partial charge in [-0.1, -0.05) is 0 Å². The van der Waals surface area contributed by atoms with Crippen LogP contribution in [0.3, 0.4) is 0 Å². The molecule has 210 valence electrons. The molecule has 3 aromatic heterocycles. The quantitative estimate of drug-likeness (QED) is 0.368. The zero-order valence-electron chi connectivity index (χ0n) is 22.0. The maximum Gasteiger partial charge on any atom is 0.282 e. The number of hydrogen-bond acceptors (Lipinski definition) is 7. The highest BCUT2D eigenvalue weighted by molar-refractivity contribution is 7.17. The van der Waals surface area contributed by atoms with Crippen LogP contribution in [0.15, 0.2) is 12.4 Å². The van der Waals surface area contributed by atoms with E-state index in [0.29, 0.717) is 34.2 Å². The van der Waals surface area contributed by atoms with Crippen LogP contribution in [0.1, 0.15) is 83.9 Å². The van der Waals surface area contributed by atoms with E-state index < -0.39 is 6.43 Å². The summed E-state index contributed by atoms with van der Waals surface area (Å²) in [6, 6.07) is 1.48. The van der Waals surface area contributed by atoms with Crippen molar-refractivity contribution in [2.75, 3.05) is 10.6 Å². The normalized spacial score (nSPS) is 26.1. The van der Waals surface area contributed by atoms with E-state index >= 15 is 0 Å². The van der Waals surface area contributed by atoms with E-state index in [1.165, 1.54) is 34.9 Å². The van der Waals surface area contributed by atoms with Crippen LogP contribution in [0.2, 0.25) is 0 Å². The summed E-state index contributed by atoms with van der Waals surface area (Å²) in [7, 11) is 1.59. The number of fused-ring (bicyclic) bond motifs is 1. The van der Waals surface area contributed by atoms with Crippen molar-refractivity contribution < 1.29 is 18.4 Å². The van der Waals surface area contributed by atoms with E-state index in [2.05, 4.69) is 31.2 Å². The number of aromatic nitrogens is 5. The van der Waals surface area contributed by atoms with Crippen molar-refractivity contribution in [3.63, 3.8) is 0 Å². The number of rotatable bonds is 8. The molecule has 2 spiro atoms. The highest BCUT2D eigenvalue weighted by Crippen LogP contribution is 2.70. The second-order valence-electron chi connectivity index (χ2n) is 12.4. The van der Waals surface area contributed by atoms with Gasteiger partial charge < -0.3 is 16.0 Å². The van der Waals surface area contributed by atoms with E-state index in [0.717, 1.165) is 49.0 Å². The van der Waals surface area contributed by atoms with Crippen molar-refractivity contribution in [1.82, 2.24) is 29.9 Å². The van der Waals surface area contributed by atoms with Crippen molar-refractivity contribution in [2.24, 2.45) is 23.8 Å². The minimum absolute atomic E-state index is 0.0384. The summed E-state index contributed by atoms with van der Waals surface area (Å²) in [6.07, 6.45) is 7.67. The summed E-state index contributed by atoms with van der Waals surface area (Å²) in [4.78, 5) is 27.9. The molecule has 0 saturated heterocycles. The zero-order chi connectivity index (χ0) is 27.4. The molecule has 5 aliphatic carbocycles. The second-order valence-corrected chi connectivity index (χ2v) is 13.5. The van der Waals surface area contributed by atoms with Crippen molar-refractivity contribution in [3.05, 3.63) is 34.1 Å². The Hall–Kier alpha value is -3.35. The van der Waals surface area contributed by atoms with Crippen LogP contribution >= 0.6 is 11.3 Å². The van der Waals surface area contributed by atoms with Gasteiger partial charge in [0.15, 0.2) is 0 Å². The third-order valence-corrected chi connectivity index (χ3v) is 11.0. The van der Waals surface area contributed by atoms with Crippen LogP contribution in [0.5, 0.6) is 0 Å². The van der Waals surface area contributed by atoms with E-state index in [4.69, 9.17) is 0 Å². The Balaban J connectivity index is 1.07. The van der Waals surface area contributed by atoms with Crippen molar-refractivity contribution in [3.8, 4) is 0 Å². The summed E-state index contributed by atoms with van der Waals surface area (Å²) in [5.41, 5.74) is 1.81. The molecular weight excluding hydrogens is 538 g/mol. The Labute approximate surface area is 232 Å². The fourth-order valence-electron chi connectivity index (χ4n) is 6.68. The molecular formula is C27H30F2N8O2S. The lowest BCUT2D eigenvalue weighted by molar-refractivity contribution is -0.117. The smallest absolute Gasteiger partial charge is 0.282 e. The third-order valence-electron chi connectivity index (χ3n) is 9.81. The number of halogens is 2. The standard InChI is InChI=1S/C27H30F2N8O2S/c1-36-19(9-16(35-36)21(28)29)32-25-34-30-12-37(25)13-2-3-17-14(8-13)20(23(39)31-18-11-27(18)6-7-27)24(40-17)33-22(38)15-10-26(15)4-5-26/h9,12-13,15,18,21H,2-8,10-11H2,1H3,(H,31,39)(H,32,34)(H,33,38)/t13-,15+,18+/m0/s1. The number of nitrogens with one attached hydrogen (secondary N) is 3. The number of amides is 2. The number of anilines is 3. The molecule has 3 atom stereocenters. The number of nitrogens with zero attached hydrogens (tertiary/aromatic N) is 5. The third kappa shape index (κ3) is 3.95. The highest BCUT2D eigenvalue weighted by atomic mass is 32.1. The SMILES string of the molecule is Cn1nc(C(F)F)cc1Nc1nncn1[C@H]1CCc2sc(NC(=O)[C@H]3CC34CC4)c(C(=O)N[C@@H]3CC34CC4)c2C1. The van der Waals surface area contributed by atoms with Crippen molar-refractivity contribution in [1.29, 1.82) is 0 Å². The molecule has 4 fully saturated rings. The molecule has 3 aromatic rings. The molecule has 3 N–H and O–H groups in total. The first kappa shape index (κ1) is 24.4. The van der Waals surface area contributed by atoms with E-state index in [-0.39, 0.29) is 40.9 Å². The Morgan fingerprint density at radius 2 is 1.98 bits per heavy atom. The number of alkyl halides is 2. The number of aryl methyl sites for hydroxylation is 2. The van der Waals surface area contributed by atoms with E-state index in [1.54, 1.807) is 13.4 Å². The summed E-state index contributed by atoms with van der Waals surface area (Å²) in [6.45, 7) is 0. The predicted molar refractivity (Wildman–Crippen MR) is 143 cm³/mol. The highest BCUT2D eigenvalue weighted by Gasteiger charge is 2.66. The molecule has 10 nitrogen and oxygen atoms in total. The summed E-state index contributed by atoms with van der Waals surface area (Å²) in [5.74, 6) is 0.807. The number of thiophene rings is 1. The van der Waals surface area contributed by atoms with Gasteiger partial charge in [0.1, 0.15) is 22.8 Å². The van der Waals surface area contributed by atoms with E-state index in [1.807, 2.05) is 4.57 Å². The zero-order valence-corrected chi connectivity index (χ0v) is 22.9. The fourth-order valence-corrected chi connectivity index (χ4v) is 7.93. The monoisotopic (exact) mass is 568 g/mol. The maximum absolute atomic E-state index is 13.7. The van der Waals surface area contributed by atoms with Crippen LogP contribution in [-0.4, -0.2) is 42.4 Å². The van der Waals surface area contributed by atoms with Gasteiger partial charge in [0.2, 0.25) is 11.9 Å². The van der Waals surface area contributed by atoms with Gasteiger partial charge in [-0.25, -0.2) is 8.78 Å². The molecule has 13 heteroatoms. The Morgan fingerprint density at radius 3 is 2.65 bits per heavy atom. The average Bonchev–Trinajstić information content (AvgIpc) is 3.90. The first-order valence-electron chi connectivity index (χ1n) is 14.0. The Kier molecular flexibility index (Phi) is 5.10. The lowest BCUT2D eigenvalue weighted by Crippen LogP contribution is -2.30. The second kappa shape index (κ2) is 8.34. The molecule has 2 amide bonds. The molecule has 3 heterocycles. The van der Waals surface area contributed by atoms with Crippen LogP contribution < -0.4 is 16.0 Å². The summed E-state index contributed by atoms with van der Waals surface area (Å²) in [5, 5.41) is 22.3. The first-order valence-corrected chi connectivity index (χ1v) is 14.8. The molecule has 0 radical (unpaired) electrons. The van der Waals surface area contributed by atoms with Gasteiger partial charge in [-0.2, -0.15) is 5.10 Å². The van der Waals surface area contributed by atoms with Crippen LogP contribution in [-0.2, 0) is 24.7 Å². The van der Waals surface area contributed by atoms with Crippen molar-refractivity contribution in [2.45, 2.75) is 76.3 Å². The van der Waals surface area contributed by atoms with Gasteiger partial charge in [0.25, 0.3) is 12.3 Å². The van der Waals surface area contributed by atoms with Gasteiger partial charge >= 0.3 is 0 Å². The molecule has 40 heavy (non-hydrogen) atoms. The lowest BCUT2D eigenvalue weighted by Gasteiger charge is -2.25. The summed E-state index contributed by atoms with van der Waals surface area (Å²) >= 11 is 1.53. The molecule has 0 bridgehead atoms. The molecule has 0 aliphatic heterocycles. The van der Waals surface area contributed by atoms with Gasteiger partial charge in [-0.3, -0.25) is 18.8 Å². The largest absolute Gasteiger partial charge is 0.349 e. The van der Waals surface area contributed by atoms with E-state index in [9.17, 15) is 18.4 Å². The number of carbonyl (C=O) groups is 2. The minimum atomic E-state index is -2.67. The van der Waals surface area contributed by atoms with Crippen LogP contribution in [0.4, 0.5) is 25.5 Å². The minimum Gasteiger partial charge on any atom is -0.349 e. The maximum atomic E-state index is 13.7. The van der Waals surface area contributed by atoms with Gasteiger partial charge in [-0.15, -0.1) is 21.5 Å².